The first kappa shape index (κ1) is 12.0. The Kier molecular flexibility index (Phi) is 4.32. The van der Waals surface area contributed by atoms with Crippen molar-refractivity contribution in [3.05, 3.63) is 36.7 Å². The Morgan fingerprint density at radius 3 is 2.94 bits per heavy atom. The Morgan fingerprint density at radius 2 is 2.38 bits per heavy atom. The molecule has 0 bridgehead atoms. The van der Waals surface area contributed by atoms with Gasteiger partial charge in [-0.25, -0.2) is 9.18 Å². The van der Waals surface area contributed by atoms with E-state index in [1.165, 1.54) is 19.2 Å². The van der Waals surface area contributed by atoms with Crippen molar-refractivity contribution in [2.45, 2.75) is 0 Å². The smallest absolute Gasteiger partial charge is 0.319 e. The van der Waals surface area contributed by atoms with Crippen LogP contribution in [0.1, 0.15) is 0 Å². The van der Waals surface area contributed by atoms with Gasteiger partial charge in [0.1, 0.15) is 0 Å². The number of carbonyl (C=O) groups excluding carboxylic acids is 1. The number of ether oxygens (including phenoxy) is 1. The first-order valence-corrected chi connectivity index (χ1v) is 4.66. The summed E-state index contributed by atoms with van der Waals surface area (Å²) in [6.07, 6.45) is 1.55. The number of nitrogens with one attached hydrogen (secondary N) is 2. The fourth-order valence-electron chi connectivity index (χ4n) is 1.08. The second-order valence-electron chi connectivity index (χ2n) is 2.97. The average Bonchev–Trinajstić information content (AvgIpc) is 2.26. The number of urea groups is 1. The summed E-state index contributed by atoms with van der Waals surface area (Å²) < 4.78 is 18.0. The van der Waals surface area contributed by atoms with E-state index < -0.39 is 11.8 Å². The molecule has 2 amide bonds. The highest BCUT2D eigenvalue weighted by atomic mass is 19.1. The van der Waals surface area contributed by atoms with Crippen LogP contribution >= 0.6 is 0 Å². The third kappa shape index (κ3) is 3.27. The summed E-state index contributed by atoms with van der Waals surface area (Å²) in [6.45, 7) is 3.81. The fourth-order valence-corrected chi connectivity index (χ4v) is 1.08. The topological polar surface area (TPSA) is 50.4 Å². The van der Waals surface area contributed by atoms with Crippen molar-refractivity contribution in [3.8, 4) is 5.75 Å². The van der Waals surface area contributed by atoms with Gasteiger partial charge >= 0.3 is 6.03 Å². The van der Waals surface area contributed by atoms with E-state index in [0.717, 1.165) is 0 Å². The molecule has 0 atom stereocenters. The van der Waals surface area contributed by atoms with Crippen LogP contribution in [0.25, 0.3) is 0 Å². The molecular formula is C11H13FN2O2. The standard InChI is InChI=1S/C11H13FN2O2/c1-3-6-13-11(15)14-8-4-5-10(16-2)9(12)7-8/h3-5,7H,1,6H2,2H3,(H2,13,14,15). The molecular weight excluding hydrogens is 211 g/mol. The molecule has 0 heterocycles. The highest BCUT2D eigenvalue weighted by Gasteiger charge is 2.05. The monoisotopic (exact) mass is 224 g/mol. The van der Waals surface area contributed by atoms with E-state index in [0.29, 0.717) is 12.2 Å². The van der Waals surface area contributed by atoms with Crippen molar-refractivity contribution in [1.29, 1.82) is 0 Å². The van der Waals surface area contributed by atoms with Gasteiger partial charge in [-0.2, -0.15) is 0 Å². The summed E-state index contributed by atoms with van der Waals surface area (Å²) in [7, 11) is 1.38. The highest BCUT2D eigenvalue weighted by Crippen LogP contribution is 2.20. The number of carbonyl (C=O) groups is 1. The average molecular weight is 224 g/mol. The molecule has 86 valence electrons. The zero-order valence-electron chi connectivity index (χ0n) is 8.92. The summed E-state index contributed by atoms with van der Waals surface area (Å²) in [5, 5.41) is 4.98. The van der Waals surface area contributed by atoms with Crippen molar-refractivity contribution in [2.75, 3.05) is 19.0 Å². The van der Waals surface area contributed by atoms with Gasteiger partial charge in [-0.15, -0.1) is 6.58 Å². The van der Waals surface area contributed by atoms with Crippen LogP contribution in [0.3, 0.4) is 0 Å². The summed E-state index contributed by atoms with van der Waals surface area (Å²) >= 11 is 0. The third-order valence-electron chi connectivity index (χ3n) is 1.82. The van der Waals surface area contributed by atoms with Gasteiger partial charge in [0.25, 0.3) is 0 Å². The maximum atomic E-state index is 13.2. The van der Waals surface area contributed by atoms with E-state index in [1.807, 2.05) is 0 Å². The van der Waals surface area contributed by atoms with Gasteiger partial charge < -0.3 is 15.4 Å². The predicted molar refractivity (Wildman–Crippen MR) is 60.2 cm³/mol. The highest BCUT2D eigenvalue weighted by molar-refractivity contribution is 5.89. The van der Waals surface area contributed by atoms with Crippen molar-refractivity contribution >= 4 is 11.7 Å². The number of anilines is 1. The molecule has 0 unspecified atom stereocenters. The molecule has 0 aliphatic heterocycles. The number of halogens is 1. The van der Waals surface area contributed by atoms with Gasteiger partial charge in [-0.3, -0.25) is 0 Å². The number of methoxy groups -OCH3 is 1. The van der Waals surface area contributed by atoms with Gasteiger partial charge in [0, 0.05) is 18.3 Å². The van der Waals surface area contributed by atoms with Gasteiger partial charge in [0.05, 0.1) is 7.11 Å². The SMILES string of the molecule is C=CCNC(=O)Nc1ccc(OC)c(F)c1. The van der Waals surface area contributed by atoms with E-state index in [-0.39, 0.29) is 5.75 Å². The second kappa shape index (κ2) is 5.75. The van der Waals surface area contributed by atoms with E-state index in [2.05, 4.69) is 17.2 Å². The lowest BCUT2D eigenvalue weighted by molar-refractivity contribution is 0.253. The van der Waals surface area contributed by atoms with Crippen molar-refractivity contribution < 1.29 is 13.9 Å². The summed E-state index contributed by atoms with van der Waals surface area (Å²) in [4.78, 5) is 11.2. The summed E-state index contributed by atoms with van der Waals surface area (Å²) in [5.74, 6) is -0.388. The number of hydrogen-bond donors (Lipinski definition) is 2. The van der Waals surface area contributed by atoms with Crippen molar-refractivity contribution in [2.24, 2.45) is 0 Å². The maximum Gasteiger partial charge on any atom is 0.319 e. The van der Waals surface area contributed by atoms with E-state index >= 15 is 0 Å². The third-order valence-corrected chi connectivity index (χ3v) is 1.82. The van der Waals surface area contributed by atoms with Gasteiger partial charge in [0.2, 0.25) is 0 Å². The van der Waals surface area contributed by atoms with Crippen LogP contribution < -0.4 is 15.4 Å². The molecule has 0 aliphatic carbocycles. The molecule has 0 saturated carbocycles. The fraction of sp³-hybridized carbons (Fsp3) is 0.182. The van der Waals surface area contributed by atoms with Crippen LogP contribution in [0.5, 0.6) is 5.75 Å². The predicted octanol–water partition coefficient (Wildman–Crippen LogP) is 2.14. The minimum atomic E-state index is -0.524. The van der Waals surface area contributed by atoms with E-state index in [1.54, 1.807) is 12.1 Å². The molecule has 0 radical (unpaired) electrons. The van der Waals surface area contributed by atoms with E-state index in [9.17, 15) is 9.18 Å². The molecule has 2 N–H and O–H groups in total. The summed E-state index contributed by atoms with van der Waals surface area (Å²) in [5.41, 5.74) is 0.361. The minimum Gasteiger partial charge on any atom is -0.494 e. The number of amides is 2. The molecule has 1 rings (SSSR count). The maximum absolute atomic E-state index is 13.2. The molecule has 0 fully saturated rings. The van der Waals surface area contributed by atoms with Crippen LogP contribution in [0, 0.1) is 5.82 Å². The number of benzene rings is 1. The molecule has 1 aromatic carbocycles. The zero-order chi connectivity index (χ0) is 12.0. The first-order chi connectivity index (χ1) is 7.67. The molecule has 0 spiro atoms. The van der Waals surface area contributed by atoms with E-state index in [4.69, 9.17) is 4.74 Å². The Labute approximate surface area is 93.1 Å². The van der Waals surface area contributed by atoms with Crippen LogP contribution in [0.15, 0.2) is 30.9 Å². The Balaban J connectivity index is 2.64. The zero-order valence-corrected chi connectivity index (χ0v) is 8.92. The number of hydrogen-bond acceptors (Lipinski definition) is 2. The molecule has 0 aliphatic rings. The normalized spacial score (nSPS) is 9.38. The lowest BCUT2D eigenvalue weighted by Gasteiger charge is -2.07. The van der Waals surface area contributed by atoms with Gasteiger partial charge in [0.15, 0.2) is 11.6 Å². The van der Waals surface area contributed by atoms with Gasteiger partial charge in [-0.05, 0) is 12.1 Å². The van der Waals surface area contributed by atoms with Crippen LogP contribution in [0.4, 0.5) is 14.9 Å². The molecule has 0 saturated heterocycles. The second-order valence-corrected chi connectivity index (χ2v) is 2.97. The van der Waals surface area contributed by atoms with Crippen molar-refractivity contribution in [1.82, 2.24) is 5.32 Å². The van der Waals surface area contributed by atoms with Crippen molar-refractivity contribution in [3.63, 3.8) is 0 Å². The lowest BCUT2D eigenvalue weighted by Crippen LogP contribution is -2.28. The van der Waals surface area contributed by atoms with Crippen LogP contribution in [-0.4, -0.2) is 19.7 Å². The Hall–Kier alpha value is -2.04. The lowest BCUT2D eigenvalue weighted by atomic mass is 10.3. The molecule has 4 nitrogen and oxygen atoms in total. The first-order valence-electron chi connectivity index (χ1n) is 4.66. The van der Waals surface area contributed by atoms with Crippen LogP contribution in [0.2, 0.25) is 0 Å². The minimum absolute atomic E-state index is 0.136. The Bertz CT molecular complexity index is 394. The largest absolute Gasteiger partial charge is 0.494 e. The molecule has 1 aromatic rings. The Morgan fingerprint density at radius 1 is 1.62 bits per heavy atom. The van der Waals surface area contributed by atoms with Crippen LogP contribution in [-0.2, 0) is 0 Å². The molecule has 5 heteroatoms. The summed E-state index contributed by atoms with van der Waals surface area (Å²) in [6, 6.07) is 3.77. The quantitative estimate of drug-likeness (QED) is 0.770. The van der Waals surface area contributed by atoms with Gasteiger partial charge in [-0.1, -0.05) is 6.08 Å². The molecule has 16 heavy (non-hydrogen) atoms. The number of rotatable bonds is 4. The molecule has 0 aromatic heterocycles.